The number of ether oxygens (including phenoxy) is 1. The van der Waals surface area contributed by atoms with Crippen molar-refractivity contribution in [2.75, 3.05) is 26.2 Å². The van der Waals surface area contributed by atoms with E-state index >= 15 is 0 Å². The SMILES string of the molecule is O=C(NC[C@H]1OC[C@H]2CN(Cc3nccs3)CC[C@H]21)C1CC1.O=C(O)C(F)(F)F.O=C(O)C(F)(F)F. The maximum Gasteiger partial charge on any atom is 0.490 e. The molecule has 1 aromatic heterocycles. The Morgan fingerprint density at radius 2 is 1.67 bits per heavy atom. The summed E-state index contributed by atoms with van der Waals surface area (Å²) in [5, 5.41) is 20.6. The van der Waals surface area contributed by atoms with E-state index in [0.29, 0.717) is 18.4 Å². The Bertz CT molecular complexity index is 854. The lowest BCUT2D eigenvalue weighted by molar-refractivity contribution is -0.193. The minimum atomic E-state index is -5.08. The fourth-order valence-corrected chi connectivity index (χ4v) is 4.39. The van der Waals surface area contributed by atoms with Crippen molar-refractivity contribution in [2.45, 2.75) is 44.3 Å². The number of piperidine rings is 1. The summed E-state index contributed by atoms with van der Waals surface area (Å²) in [6.07, 6.45) is -4.77. The third kappa shape index (κ3) is 9.89. The molecule has 0 spiro atoms. The average molecular weight is 549 g/mol. The number of nitrogens with one attached hydrogen (secondary N) is 1. The molecule has 16 heteroatoms. The van der Waals surface area contributed by atoms with Gasteiger partial charge in [0.25, 0.3) is 0 Å². The highest BCUT2D eigenvalue weighted by atomic mass is 32.1. The molecule has 3 fully saturated rings. The van der Waals surface area contributed by atoms with Crippen molar-refractivity contribution < 1.29 is 55.7 Å². The number of fused-ring (bicyclic) bond motifs is 1. The Kier molecular flexibility index (Phi) is 10.5. The van der Waals surface area contributed by atoms with Gasteiger partial charge in [-0.25, -0.2) is 14.6 Å². The molecule has 1 saturated carbocycles. The summed E-state index contributed by atoms with van der Waals surface area (Å²) in [5.41, 5.74) is 0. The number of halogens is 6. The van der Waals surface area contributed by atoms with Crippen LogP contribution in [0.1, 0.15) is 24.3 Å². The van der Waals surface area contributed by atoms with Crippen molar-refractivity contribution >= 4 is 29.2 Å². The van der Waals surface area contributed by atoms with Crippen LogP contribution in [0.15, 0.2) is 11.6 Å². The number of nitrogens with zero attached hydrogens (tertiary/aromatic N) is 2. The van der Waals surface area contributed by atoms with E-state index in [1.807, 2.05) is 11.6 Å². The summed E-state index contributed by atoms with van der Waals surface area (Å²) < 4.78 is 69.5. The minimum absolute atomic E-state index is 0.217. The number of hydrogen-bond donors (Lipinski definition) is 3. The zero-order chi connectivity index (χ0) is 27.1. The Morgan fingerprint density at radius 1 is 1.08 bits per heavy atom. The van der Waals surface area contributed by atoms with E-state index in [4.69, 9.17) is 24.5 Å². The number of alkyl halides is 6. The van der Waals surface area contributed by atoms with Crippen LogP contribution in [-0.4, -0.2) is 82.6 Å². The standard InChI is InChI=1S/C16H23N3O2S.2C2HF3O2/c20-16(11-1-2-11)18-7-14-13-3-5-19(8-12(13)10-21-14)9-15-17-4-6-22-15;2*3-2(4,5)1(6)7/h4,6,11-14H,1-3,5,7-10H2,(H,18,20);2*(H,6,7)/t12-,13-,14-;;/m1../s1. The fraction of sp³-hybridized carbons (Fsp3) is 0.700. The quantitative estimate of drug-likeness (QED) is 0.479. The zero-order valence-corrected chi connectivity index (χ0v) is 19.5. The summed E-state index contributed by atoms with van der Waals surface area (Å²) in [4.78, 5) is 36.4. The van der Waals surface area contributed by atoms with Crippen LogP contribution in [0.5, 0.6) is 0 Å². The van der Waals surface area contributed by atoms with Crippen molar-refractivity contribution in [3.8, 4) is 0 Å². The Morgan fingerprint density at radius 3 is 2.14 bits per heavy atom. The van der Waals surface area contributed by atoms with Gasteiger partial charge in [0.15, 0.2) is 0 Å². The molecule has 36 heavy (non-hydrogen) atoms. The van der Waals surface area contributed by atoms with Gasteiger partial charge in [-0.2, -0.15) is 26.3 Å². The van der Waals surface area contributed by atoms with E-state index in [1.54, 1.807) is 11.3 Å². The normalized spacial score (nSPS) is 23.9. The van der Waals surface area contributed by atoms with E-state index in [9.17, 15) is 31.1 Å². The monoisotopic (exact) mass is 549 g/mol. The first-order valence-electron chi connectivity index (χ1n) is 10.8. The molecule has 1 aromatic rings. The lowest BCUT2D eigenvalue weighted by atomic mass is 9.84. The molecule has 3 aliphatic rings. The summed E-state index contributed by atoms with van der Waals surface area (Å²) in [6, 6.07) is 0. The van der Waals surface area contributed by atoms with E-state index < -0.39 is 24.3 Å². The molecule has 1 amide bonds. The number of carbonyl (C=O) groups excluding carboxylic acids is 1. The molecule has 2 saturated heterocycles. The topological polar surface area (TPSA) is 129 Å². The Hall–Kier alpha value is -2.46. The van der Waals surface area contributed by atoms with Gasteiger partial charge in [0.2, 0.25) is 5.91 Å². The smallest absolute Gasteiger partial charge is 0.475 e. The van der Waals surface area contributed by atoms with Gasteiger partial charge < -0.3 is 20.3 Å². The van der Waals surface area contributed by atoms with Crippen LogP contribution in [-0.2, 0) is 25.7 Å². The summed E-state index contributed by atoms with van der Waals surface area (Å²) in [6.45, 7) is 4.70. The molecule has 3 atom stereocenters. The number of hydrogen-bond acceptors (Lipinski definition) is 7. The van der Waals surface area contributed by atoms with Crippen molar-refractivity contribution in [1.29, 1.82) is 0 Å². The largest absolute Gasteiger partial charge is 0.490 e. The highest BCUT2D eigenvalue weighted by Crippen LogP contribution is 2.35. The number of rotatable bonds is 5. The van der Waals surface area contributed by atoms with Crippen molar-refractivity contribution in [3.63, 3.8) is 0 Å². The molecule has 0 radical (unpaired) electrons. The molecule has 4 rings (SSSR count). The molecule has 2 aliphatic heterocycles. The molecule has 204 valence electrons. The van der Waals surface area contributed by atoms with Gasteiger partial charge in [0.1, 0.15) is 5.01 Å². The van der Waals surface area contributed by atoms with Gasteiger partial charge in [-0.1, -0.05) is 0 Å². The van der Waals surface area contributed by atoms with Gasteiger partial charge >= 0.3 is 24.3 Å². The molecule has 1 aliphatic carbocycles. The predicted octanol–water partition coefficient (Wildman–Crippen LogP) is 2.77. The van der Waals surface area contributed by atoms with Gasteiger partial charge in [-0.15, -0.1) is 11.3 Å². The average Bonchev–Trinajstić information content (AvgIpc) is 3.36. The number of aromatic nitrogens is 1. The lowest BCUT2D eigenvalue weighted by Gasteiger charge is -2.35. The number of amides is 1. The Balaban J connectivity index is 0.000000271. The van der Waals surface area contributed by atoms with Crippen LogP contribution < -0.4 is 5.32 Å². The fourth-order valence-electron chi connectivity index (χ4n) is 3.73. The molecular weight excluding hydrogens is 524 g/mol. The van der Waals surface area contributed by atoms with E-state index in [-0.39, 0.29) is 17.9 Å². The Labute approximate surface area is 205 Å². The van der Waals surface area contributed by atoms with Crippen molar-refractivity contribution in [2.24, 2.45) is 17.8 Å². The van der Waals surface area contributed by atoms with Crippen LogP contribution >= 0.6 is 11.3 Å². The van der Waals surface area contributed by atoms with Crippen LogP contribution in [0, 0.1) is 17.8 Å². The maximum atomic E-state index is 11.8. The van der Waals surface area contributed by atoms with Gasteiger partial charge in [0.05, 0.1) is 19.3 Å². The molecular formula is C20H25F6N3O6S. The first kappa shape index (κ1) is 29.8. The third-order valence-corrected chi connectivity index (χ3v) is 6.40. The zero-order valence-electron chi connectivity index (χ0n) is 18.7. The first-order chi connectivity index (χ1) is 16.7. The van der Waals surface area contributed by atoms with Crippen LogP contribution in [0.3, 0.4) is 0 Å². The predicted molar refractivity (Wildman–Crippen MR) is 112 cm³/mol. The highest BCUT2D eigenvalue weighted by molar-refractivity contribution is 7.09. The number of carbonyl (C=O) groups is 3. The maximum absolute atomic E-state index is 11.8. The summed E-state index contributed by atoms with van der Waals surface area (Å²) in [7, 11) is 0. The summed E-state index contributed by atoms with van der Waals surface area (Å²) >= 11 is 1.73. The molecule has 0 unspecified atom stereocenters. The van der Waals surface area contributed by atoms with Crippen LogP contribution in [0.4, 0.5) is 26.3 Å². The van der Waals surface area contributed by atoms with Crippen LogP contribution in [0.25, 0.3) is 0 Å². The molecule has 3 N–H and O–H groups in total. The van der Waals surface area contributed by atoms with Gasteiger partial charge in [0, 0.05) is 36.5 Å². The molecule has 0 bridgehead atoms. The number of carboxylic acid groups (broad SMARTS) is 2. The van der Waals surface area contributed by atoms with Gasteiger partial charge in [-0.05, 0) is 31.7 Å². The number of likely N-dealkylation sites (tertiary alicyclic amines) is 1. The van der Waals surface area contributed by atoms with Crippen molar-refractivity contribution in [1.82, 2.24) is 15.2 Å². The first-order valence-corrected chi connectivity index (χ1v) is 11.7. The lowest BCUT2D eigenvalue weighted by Crippen LogP contribution is -2.43. The van der Waals surface area contributed by atoms with E-state index in [1.165, 1.54) is 11.4 Å². The molecule has 9 nitrogen and oxygen atoms in total. The highest BCUT2D eigenvalue weighted by Gasteiger charge is 2.41. The second-order valence-electron chi connectivity index (χ2n) is 8.37. The van der Waals surface area contributed by atoms with Crippen LogP contribution in [0.2, 0.25) is 0 Å². The van der Waals surface area contributed by atoms with E-state index in [2.05, 4.69) is 15.2 Å². The minimum Gasteiger partial charge on any atom is -0.475 e. The number of aliphatic carboxylic acids is 2. The van der Waals surface area contributed by atoms with Crippen molar-refractivity contribution in [3.05, 3.63) is 16.6 Å². The molecule has 3 heterocycles. The molecule has 0 aromatic carbocycles. The second kappa shape index (κ2) is 12.7. The number of carboxylic acids is 2. The third-order valence-electron chi connectivity index (χ3n) is 5.63. The second-order valence-corrected chi connectivity index (χ2v) is 9.35. The summed E-state index contributed by atoms with van der Waals surface area (Å²) in [5.74, 6) is -3.78. The van der Waals surface area contributed by atoms with E-state index in [0.717, 1.165) is 39.1 Å². The van der Waals surface area contributed by atoms with Gasteiger partial charge in [-0.3, -0.25) is 9.69 Å². The number of thiazole rings is 1.